The van der Waals surface area contributed by atoms with E-state index in [0.717, 1.165) is 25.8 Å². The largest absolute Gasteiger partial charge is 0.358 e. The first-order chi connectivity index (χ1) is 14.0. The summed E-state index contributed by atoms with van der Waals surface area (Å²) in [7, 11) is 1.80. The third kappa shape index (κ3) is 5.10. The van der Waals surface area contributed by atoms with Crippen LogP contribution in [0.4, 0.5) is 0 Å². The Hall–Kier alpha value is -0.790. The van der Waals surface area contributed by atoms with E-state index in [2.05, 4.69) is 10.3 Å². The molecule has 1 N–H and O–H groups in total. The fourth-order valence-electron chi connectivity index (χ4n) is 4.62. The molecular weight excluding hydrogens is 429 g/mol. The molecule has 1 aromatic carbocycles. The Labute approximate surface area is 186 Å². The molecule has 2 bridgehead atoms. The molecule has 5 atom stereocenters. The summed E-state index contributed by atoms with van der Waals surface area (Å²) in [6.07, 6.45) is 5.79. The number of rotatable bonds is 4. The molecule has 1 aromatic rings. The van der Waals surface area contributed by atoms with Gasteiger partial charge in [0.1, 0.15) is 6.23 Å². The number of aliphatic imine (C=N–C) groups is 1. The van der Waals surface area contributed by atoms with E-state index in [1.54, 1.807) is 30.1 Å². The van der Waals surface area contributed by atoms with Gasteiger partial charge in [-0.3, -0.25) is 15.1 Å². The summed E-state index contributed by atoms with van der Waals surface area (Å²) in [5.74, 6) is 0.373. The molecule has 8 heteroatoms. The van der Waals surface area contributed by atoms with Gasteiger partial charge in [0, 0.05) is 29.3 Å². The van der Waals surface area contributed by atoms with E-state index in [1.807, 2.05) is 17.3 Å². The predicted molar refractivity (Wildman–Crippen MR) is 120 cm³/mol. The van der Waals surface area contributed by atoms with Gasteiger partial charge in [-0.1, -0.05) is 36.0 Å². The van der Waals surface area contributed by atoms with Crippen LogP contribution in [0.15, 0.2) is 23.2 Å². The molecule has 3 aliphatic rings. The zero-order chi connectivity index (χ0) is 20.4. The lowest BCUT2D eigenvalue weighted by Crippen LogP contribution is -2.46. The van der Waals surface area contributed by atoms with E-state index in [9.17, 15) is 4.79 Å². The fraction of sp³-hybridized carbons (Fsp3) is 0.619. The van der Waals surface area contributed by atoms with E-state index >= 15 is 0 Å². The monoisotopic (exact) mass is 455 g/mol. The van der Waals surface area contributed by atoms with Crippen LogP contribution in [0, 0.1) is 5.92 Å². The van der Waals surface area contributed by atoms with Crippen LogP contribution in [0.5, 0.6) is 0 Å². The van der Waals surface area contributed by atoms with E-state index in [4.69, 9.17) is 27.9 Å². The lowest BCUT2D eigenvalue weighted by molar-refractivity contribution is -0.0541. The molecule has 5 unspecified atom stereocenters. The number of carbonyl (C=O) groups is 1. The van der Waals surface area contributed by atoms with Crippen LogP contribution in [0.2, 0.25) is 10.0 Å². The molecule has 4 rings (SSSR count). The number of hydrogen-bond acceptors (Lipinski definition) is 5. The Balaban J connectivity index is 1.46. The average Bonchev–Trinajstić information content (AvgIpc) is 3.17. The first-order valence-electron chi connectivity index (χ1n) is 10.3. The highest BCUT2D eigenvalue weighted by Gasteiger charge is 2.39. The van der Waals surface area contributed by atoms with Crippen molar-refractivity contribution in [3.63, 3.8) is 0 Å². The maximum Gasteiger partial charge on any atom is 0.255 e. The van der Waals surface area contributed by atoms with Crippen molar-refractivity contribution in [3.8, 4) is 0 Å². The van der Waals surface area contributed by atoms with Crippen molar-refractivity contribution in [1.82, 2.24) is 10.2 Å². The molecule has 1 saturated heterocycles. The highest BCUT2D eigenvalue weighted by Crippen LogP contribution is 2.37. The predicted octanol–water partition coefficient (Wildman–Crippen LogP) is 4.47. The van der Waals surface area contributed by atoms with Gasteiger partial charge in [0.05, 0.1) is 35.3 Å². The second kappa shape index (κ2) is 9.56. The Bertz CT molecular complexity index is 770. The van der Waals surface area contributed by atoms with Crippen molar-refractivity contribution in [3.05, 3.63) is 33.8 Å². The molecule has 0 aromatic heterocycles. The number of likely N-dealkylation sites (N-methyl/N-ethyl adjacent to an activating group) is 1. The van der Waals surface area contributed by atoms with Crippen LogP contribution in [-0.2, 0) is 4.74 Å². The highest BCUT2D eigenvalue weighted by molar-refractivity contribution is 8.12. The topological polar surface area (TPSA) is 53.9 Å². The van der Waals surface area contributed by atoms with Crippen LogP contribution < -0.4 is 5.32 Å². The van der Waals surface area contributed by atoms with Crippen LogP contribution in [0.25, 0.3) is 0 Å². The van der Waals surface area contributed by atoms with E-state index in [-0.39, 0.29) is 18.2 Å². The molecular formula is C21H27Cl2N3O2S. The molecule has 2 aliphatic heterocycles. The smallest absolute Gasteiger partial charge is 0.255 e. The quantitative estimate of drug-likeness (QED) is 0.727. The Kier molecular flexibility index (Phi) is 7.07. The minimum Gasteiger partial charge on any atom is -0.358 e. The average molecular weight is 456 g/mol. The number of halogens is 2. The highest BCUT2D eigenvalue weighted by atomic mass is 35.5. The molecule has 29 heavy (non-hydrogen) atoms. The fourth-order valence-corrected chi connectivity index (χ4v) is 6.09. The number of nitrogens with one attached hydrogen (secondary N) is 1. The summed E-state index contributed by atoms with van der Waals surface area (Å²) < 4.78 is 6.57. The van der Waals surface area contributed by atoms with Gasteiger partial charge < -0.3 is 9.64 Å². The number of nitrogens with zero attached hydrogens (tertiary/aromatic N) is 2. The molecule has 0 radical (unpaired) electrons. The molecule has 1 amide bonds. The number of ether oxygens (including phenoxy) is 1. The summed E-state index contributed by atoms with van der Waals surface area (Å²) >= 11 is 14.0. The van der Waals surface area contributed by atoms with Gasteiger partial charge in [-0.25, -0.2) is 0 Å². The molecule has 1 saturated carbocycles. The van der Waals surface area contributed by atoms with Crippen molar-refractivity contribution < 1.29 is 9.53 Å². The van der Waals surface area contributed by atoms with E-state index < -0.39 is 0 Å². The zero-order valence-corrected chi connectivity index (χ0v) is 18.8. The first-order valence-corrected chi connectivity index (χ1v) is 12.0. The molecule has 2 fully saturated rings. The number of carbonyl (C=O) groups excluding carboxylic acids is 1. The minimum absolute atomic E-state index is 0.124. The van der Waals surface area contributed by atoms with Gasteiger partial charge in [0.25, 0.3) is 5.91 Å². The third-order valence-electron chi connectivity index (χ3n) is 6.11. The number of fused-ring (bicyclic) bond motifs is 3. The van der Waals surface area contributed by atoms with Gasteiger partial charge in [-0.05, 0) is 37.5 Å². The van der Waals surface area contributed by atoms with Gasteiger partial charge in [0.2, 0.25) is 0 Å². The van der Waals surface area contributed by atoms with Crippen LogP contribution >= 0.6 is 35.0 Å². The molecule has 158 valence electrons. The van der Waals surface area contributed by atoms with Gasteiger partial charge >= 0.3 is 0 Å². The number of hydrogen-bond donors (Lipinski definition) is 1. The van der Waals surface area contributed by atoms with Crippen molar-refractivity contribution in [2.24, 2.45) is 10.9 Å². The van der Waals surface area contributed by atoms with E-state index in [0.29, 0.717) is 39.4 Å². The SMILES string of the molecule is CN(CC1NC2CCCCC(O1)C(C1CN=CS1)C2)C(=O)c1ccc(Cl)cc1Cl. The van der Waals surface area contributed by atoms with Gasteiger partial charge in [-0.15, -0.1) is 11.8 Å². The molecule has 2 heterocycles. The zero-order valence-electron chi connectivity index (χ0n) is 16.5. The van der Waals surface area contributed by atoms with Crippen LogP contribution in [0.3, 0.4) is 0 Å². The summed E-state index contributed by atoms with van der Waals surface area (Å²) in [5, 5.41) is 5.08. The lowest BCUT2D eigenvalue weighted by Gasteiger charge is -2.32. The maximum atomic E-state index is 12.9. The van der Waals surface area contributed by atoms with Crippen molar-refractivity contribution in [2.45, 2.75) is 55.7 Å². The summed E-state index contributed by atoms with van der Waals surface area (Å²) in [6, 6.07) is 5.39. The van der Waals surface area contributed by atoms with Gasteiger partial charge in [0.15, 0.2) is 0 Å². The second-order valence-electron chi connectivity index (χ2n) is 8.17. The maximum absolute atomic E-state index is 12.9. The number of benzene rings is 1. The molecule has 5 nitrogen and oxygen atoms in total. The minimum atomic E-state index is -0.180. The third-order valence-corrected chi connectivity index (χ3v) is 7.77. The van der Waals surface area contributed by atoms with E-state index in [1.165, 1.54) is 12.8 Å². The Morgan fingerprint density at radius 2 is 2.17 bits per heavy atom. The number of thioether (sulfide) groups is 1. The van der Waals surface area contributed by atoms with Crippen molar-refractivity contribution >= 4 is 46.4 Å². The summed E-state index contributed by atoms with van der Waals surface area (Å²) in [6.45, 7) is 1.37. The lowest BCUT2D eigenvalue weighted by atomic mass is 9.84. The van der Waals surface area contributed by atoms with Crippen LogP contribution in [0.1, 0.15) is 42.5 Å². The standard InChI is InChI=1S/C21H27Cl2N3O2S/c1-26(21(27)15-7-6-13(22)8-17(15)23)11-20-25-14-4-2-3-5-18(28-20)16(9-14)19-10-24-12-29-19/h6-8,12,14,16,18-20,25H,2-5,9-11H2,1H3. The van der Waals surface area contributed by atoms with Crippen molar-refractivity contribution in [2.75, 3.05) is 20.1 Å². The first kappa shape index (κ1) is 21.4. The molecule has 1 aliphatic carbocycles. The summed E-state index contributed by atoms with van der Waals surface area (Å²) in [5.41, 5.74) is 2.45. The summed E-state index contributed by atoms with van der Waals surface area (Å²) in [4.78, 5) is 19.0. The normalized spacial score (nSPS) is 31.9. The second-order valence-corrected chi connectivity index (χ2v) is 10.1. The molecule has 0 spiro atoms. The Morgan fingerprint density at radius 3 is 2.93 bits per heavy atom. The van der Waals surface area contributed by atoms with Crippen molar-refractivity contribution in [1.29, 1.82) is 0 Å². The Morgan fingerprint density at radius 1 is 1.34 bits per heavy atom. The number of amides is 1. The van der Waals surface area contributed by atoms with Crippen LogP contribution in [-0.4, -0.2) is 60.1 Å². The van der Waals surface area contributed by atoms with Gasteiger partial charge in [-0.2, -0.15) is 0 Å².